The van der Waals surface area contributed by atoms with Gasteiger partial charge in [0.1, 0.15) is 0 Å². The zero-order valence-corrected chi connectivity index (χ0v) is 36.0. The maximum atomic E-state index is 5.08. The fourth-order valence-corrected chi connectivity index (χ4v) is 8.36. The van der Waals surface area contributed by atoms with E-state index in [0.717, 1.165) is 90.7 Å². The summed E-state index contributed by atoms with van der Waals surface area (Å²) in [5, 5.41) is 0. The van der Waals surface area contributed by atoms with Gasteiger partial charge < -0.3 is 0 Å². The molecule has 0 unspecified atom stereocenters. The van der Waals surface area contributed by atoms with Crippen LogP contribution >= 0.6 is 0 Å². The quantitative estimate of drug-likeness (QED) is 0.136. The maximum absolute atomic E-state index is 5.08. The lowest BCUT2D eigenvalue weighted by Crippen LogP contribution is -2.03. The first-order chi connectivity index (χ1) is 32.7. The van der Waals surface area contributed by atoms with Gasteiger partial charge in [-0.05, 0) is 57.3 Å². The second-order valence-corrected chi connectivity index (χ2v) is 16.2. The fraction of sp³-hybridized carbons (Fsp3) is 0.0333. The molecule has 8 aromatic carbocycles. The smallest absolute Gasteiger partial charge is 0.164 e. The van der Waals surface area contributed by atoms with Crippen LogP contribution in [0.5, 0.6) is 0 Å². The minimum Gasteiger partial charge on any atom is -0.208 e. The molecule has 10 aromatic rings. The van der Waals surface area contributed by atoms with Crippen LogP contribution in [0.3, 0.4) is 0 Å². The van der Waals surface area contributed by atoms with Crippen molar-refractivity contribution in [2.45, 2.75) is 12.8 Å². The number of hydrogen-bond acceptors (Lipinski definition) is 6. The van der Waals surface area contributed by atoms with Gasteiger partial charge in [-0.3, -0.25) is 0 Å². The molecule has 6 heteroatoms. The zero-order valence-electron chi connectivity index (χ0n) is 36.0. The summed E-state index contributed by atoms with van der Waals surface area (Å²) in [5.41, 5.74) is 14.7. The Labute approximate surface area is 384 Å². The summed E-state index contributed by atoms with van der Waals surface area (Å²) in [6.45, 7) is 0. The lowest BCUT2D eigenvalue weighted by atomic mass is 9.93. The Hall–Kier alpha value is -8.74. The van der Waals surface area contributed by atoms with Crippen molar-refractivity contribution in [1.29, 1.82) is 0 Å². The molecule has 0 radical (unpaired) electrons. The SMILES string of the molecule is C1=CC(c2nc(-c3ccccc3)nc(-c3ccc(-c4ccccc4-c4ccc(-c5nc(-c6ccc(-c7ccccc7)cc6)nc(-c6ccc(-c7ccccc7)cc6)n5)cc4)cc3)n2)=CCC1. The fourth-order valence-electron chi connectivity index (χ4n) is 8.36. The number of aromatic nitrogens is 6. The number of hydrogen-bond donors (Lipinski definition) is 0. The summed E-state index contributed by atoms with van der Waals surface area (Å²) in [6.07, 6.45) is 8.49. The lowest BCUT2D eigenvalue weighted by Gasteiger charge is -2.13. The number of allylic oxidation sites excluding steroid dienone is 4. The lowest BCUT2D eigenvalue weighted by molar-refractivity contribution is 1.01. The standard InChI is InChI=1S/C60H42N6/c1-5-15-41(16-6-1)43-25-33-49(34-26-43)57-64-58(50-35-27-44(28-36-50)42-17-7-2-8-18-42)66-60(65-57)52-39-31-46(32-40-52)54-24-14-13-23-53(54)45-29-37-51(38-30-45)59-62-55(47-19-9-3-10-20-47)61-56(63-59)48-21-11-4-12-22-48/h1-3,5-11,13-40H,4,12H2. The van der Waals surface area contributed by atoms with Crippen LogP contribution in [0.15, 0.2) is 231 Å². The molecule has 2 aromatic heterocycles. The monoisotopic (exact) mass is 846 g/mol. The van der Waals surface area contributed by atoms with E-state index in [1.54, 1.807) is 0 Å². The summed E-state index contributed by atoms with van der Waals surface area (Å²) >= 11 is 0. The predicted octanol–water partition coefficient (Wildman–Crippen LogP) is 14.8. The van der Waals surface area contributed by atoms with Gasteiger partial charge in [0.2, 0.25) is 0 Å². The van der Waals surface area contributed by atoms with Crippen LogP contribution in [0.1, 0.15) is 18.7 Å². The molecule has 11 rings (SSSR count). The third-order valence-corrected chi connectivity index (χ3v) is 11.9. The Morgan fingerprint density at radius 3 is 0.848 bits per heavy atom. The molecule has 66 heavy (non-hydrogen) atoms. The second-order valence-electron chi connectivity index (χ2n) is 16.2. The molecule has 0 saturated carbocycles. The Kier molecular flexibility index (Phi) is 11.0. The normalized spacial score (nSPS) is 12.2. The largest absolute Gasteiger partial charge is 0.208 e. The Bertz CT molecular complexity index is 3250. The molecule has 1 aliphatic carbocycles. The van der Waals surface area contributed by atoms with Crippen LogP contribution in [0.25, 0.3) is 107 Å². The molecule has 0 amide bonds. The van der Waals surface area contributed by atoms with Crippen LogP contribution in [0, 0.1) is 0 Å². The molecule has 0 aliphatic heterocycles. The summed E-state index contributed by atoms with van der Waals surface area (Å²) in [6, 6.07) is 73.3. The summed E-state index contributed by atoms with van der Waals surface area (Å²) in [5.74, 6) is 3.84. The molecular weight excluding hydrogens is 805 g/mol. The average Bonchev–Trinajstić information content (AvgIpc) is 3.42. The minimum absolute atomic E-state index is 0.609. The van der Waals surface area contributed by atoms with Gasteiger partial charge in [0.05, 0.1) is 0 Å². The van der Waals surface area contributed by atoms with Crippen LogP contribution in [-0.4, -0.2) is 29.9 Å². The highest BCUT2D eigenvalue weighted by molar-refractivity contribution is 5.85. The van der Waals surface area contributed by atoms with Crippen LogP contribution in [0.4, 0.5) is 0 Å². The van der Waals surface area contributed by atoms with Crippen molar-refractivity contribution >= 4 is 5.57 Å². The average molecular weight is 847 g/mol. The number of rotatable bonds is 10. The maximum Gasteiger partial charge on any atom is 0.164 e. The van der Waals surface area contributed by atoms with Crippen molar-refractivity contribution in [2.75, 3.05) is 0 Å². The van der Waals surface area contributed by atoms with Crippen LogP contribution in [-0.2, 0) is 0 Å². The van der Waals surface area contributed by atoms with Crippen molar-refractivity contribution in [1.82, 2.24) is 29.9 Å². The number of nitrogens with zero attached hydrogens (tertiary/aromatic N) is 6. The van der Waals surface area contributed by atoms with E-state index in [9.17, 15) is 0 Å². The Balaban J connectivity index is 0.913. The first-order valence-electron chi connectivity index (χ1n) is 22.3. The topological polar surface area (TPSA) is 77.3 Å². The van der Waals surface area contributed by atoms with E-state index in [2.05, 4.69) is 188 Å². The molecular formula is C60H42N6. The van der Waals surface area contributed by atoms with E-state index in [0.29, 0.717) is 34.9 Å². The van der Waals surface area contributed by atoms with E-state index < -0.39 is 0 Å². The molecule has 1 aliphatic rings. The van der Waals surface area contributed by atoms with Gasteiger partial charge in [-0.2, -0.15) is 0 Å². The summed E-state index contributed by atoms with van der Waals surface area (Å²) in [7, 11) is 0. The van der Waals surface area contributed by atoms with Gasteiger partial charge in [-0.1, -0.05) is 231 Å². The summed E-state index contributed by atoms with van der Waals surface area (Å²) < 4.78 is 0. The zero-order chi connectivity index (χ0) is 44.1. The van der Waals surface area contributed by atoms with Gasteiger partial charge >= 0.3 is 0 Å². The minimum atomic E-state index is 0.609. The predicted molar refractivity (Wildman–Crippen MR) is 268 cm³/mol. The summed E-state index contributed by atoms with van der Waals surface area (Å²) in [4.78, 5) is 30.0. The van der Waals surface area contributed by atoms with E-state index in [1.807, 2.05) is 42.5 Å². The first kappa shape index (κ1) is 40.1. The van der Waals surface area contributed by atoms with Gasteiger partial charge in [-0.15, -0.1) is 0 Å². The first-order valence-corrected chi connectivity index (χ1v) is 22.3. The Morgan fingerprint density at radius 2 is 0.500 bits per heavy atom. The van der Waals surface area contributed by atoms with E-state index in [4.69, 9.17) is 29.9 Å². The molecule has 6 nitrogen and oxygen atoms in total. The highest BCUT2D eigenvalue weighted by atomic mass is 15.0. The molecule has 0 N–H and O–H groups in total. The van der Waals surface area contributed by atoms with Gasteiger partial charge in [0, 0.05) is 33.4 Å². The van der Waals surface area contributed by atoms with E-state index in [-0.39, 0.29) is 0 Å². The van der Waals surface area contributed by atoms with Gasteiger partial charge in [0.15, 0.2) is 34.9 Å². The third-order valence-electron chi connectivity index (χ3n) is 11.9. The van der Waals surface area contributed by atoms with Crippen molar-refractivity contribution in [3.05, 3.63) is 236 Å². The second kappa shape index (κ2) is 18.2. The van der Waals surface area contributed by atoms with E-state index in [1.165, 1.54) is 0 Å². The van der Waals surface area contributed by atoms with Gasteiger partial charge in [-0.25, -0.2) is 29.9 Å². The van der Waals surface area contributed by atoms with Crippen LogP contribution < -0.4 is 0 Å². The molecule has 0 saturated heterocycles. The molecule has 0 bridgehead atoms. The van der Waals surface area contributed by atoms with Crippen molar-refractivity contribution in [2.24, 2.45) is 0 Å². The van der Waals surface area contributed by atoms with Gasteiger partial charge in [0.25, 0.3) is 0 Å². The van der Waals surface area contributed by atoms with E-state index >= 15 is 0 Å². The molecule has 312 valence electrons. The van der Waals surface area contributed by atoms with Crippen molar-refractivity contribution in [3.8, 4) is 101 Å². The van der Waals surface area contributed by atoms with Crippen molar-refractivity contribution in [3.63, 3.8) is 0 Å². The third kappa shape index (κ3) is 8.51. The number of benzene rings is 8. The highest BCUT2D eigenvalue weighted by Gasteiger charge is 2.17. The van der Waals surface area contributed by atoms with Crippen molar-refractivity contribution < 1.29 is 0 Å². The molecule has 0 spiro atoms. The van der Waals surface area contributed by atoms with Crippen LogP contribution in [0.2, 0.25) is 0 Å². The molecule has 0 fully saturated rings. The highest BCUT2D eigenvalue weighted by Crippen LogP contribution is 2.35. The molecule has 2 heterocycles. The molecule has 0 atom stereocenters. The Morgan fingerprint density at radius 1 is 0.227 bits per heavy atom.